The molecule has 0 aliphatic heterocycles. The van der Waals surface area contributed by atoms with Crippen molar-refractivity contribution in [2.24, 2.45) is 0 Å². The maximum atomic E-state index is 11.8. The summed E-state index contributed by atoms with van der Waals surface area (Å²) in [4.78, 5) is 11.8. The normalized spacial score (nSPS) is 11.1. The molecule has 0 bridgehead atoms. The van der Waals surface area contributed by atoms with Crippen LogP contribution in [0.3, 0.4) is 0 Å². The van der Waals surface area contributed by atoms with Gasteiger partial charge in [-0.3, -0.25) is 4.79 Å². The highest BCUT2D eigenvalue weighted by atomic mass is 16.5. The van der Waals surface area contributed by atoms with E-state index in [1.165, 1.54) is 13.2 Å². The van der Waals surface area contributed by atoms with Crippen LogP contribution >= 0.6 is 0 Å². The Kier molecular flexibility index (Phi) is 3.99. The molecule has 1 aromatic rings. The van der Waals surface area contributed by atoms with E-state index in [0.29, 0.717) is 17.9 Å². The molecule has 0 aromatic heterocycles. The Morgan fingerprint density at radius 2 is 2.06 bits per heavy atom. The average molecular weight is 238 g/mol. The van der Waals surface area contributed by atoms with Gasteiger partial charge in [0, 0.05) is 0 Å². The summed E-state index contributed by atoms with van der Waals surface area (Å²) in [6.45, 7) is 5.61. The number of hydrogen-bond acceptors (Lipinski definition) is 4. The van der Waals surface area contributed by atoms with Crippen LogP contribution in [0.5, 0.6) is 11.5 Å². The number of rotatable bonds is 4. The third-order valence-electron chi connectivity index (χ3n) is 2.69. The van der Waals surface area contributed by atoms with Gasteiger partial charge in [-0.05, 0) is 38.5 Å². The predicted octanol–water partition coefficient (Wildman–Crippen LogP) is 2.24. The molecule has 4 nitrogen and oxygen atoms in total. The molecule has 0 aliphatic carbocycles. The molecule has 4 heteroatoms. The second-order valence-electron chi connectivity index (χ2n) is 4.23. The fourth-order valence-electron chi connectivity index (χ4n) is 1.51. The van der Waals surface area contributed by atoms with Crippen LogP contribution in [0.2, 0.25) is 0 Å². The molecule has 0 aliphatic rings. The van der Waals surface area contributed by atoms with Crippen molar-refractivity contribution in [2.75, 3.05) is 13.7 Å². The maximum Gasteiger partial charge on any atom is 0.315 e. The number of methoxy groups -OCH3 is 1. The van der Waals surface area contributed by atoms with Gasteiger partial charge in [-0.25, -0.2) is 0 Å². The summed E-state index contributed by atoms with van der Waals surface area (Å²) in [5.74, 6) is 0.0837. The van der Waals surface area contributed by atoms with Gasteiger partial charge >= 0.3 is 5.97 Å². The molecule has 1 N–H and O–H groups in total. The Labute approximate surface area is 101 Å². The van der Waals surface area contributed by atoms with E-state index in [0.717, 1.165) is 0 Å². The van der Waals surface area contributed by atoms with Crippen molar-refractivity contribution in [1.29, 1.82) is 0 Å². The highest BCUT2D eigenvalue weighted by Gasteiger charge is 2.31. The fourth-order valence-corrected chi connectivity index (χ4v) is 1.51. The van der Waals surface area contributed by atoms with Crippen molar-refractivity contribution < 1.29 is 19.4 Å². The zero-order valence-corrected chi connectivity index (χ0v) is 10.6. The first-order valence-corrected chi connectivity index (χ1v) is 5.48. The number of esters is 1. The van der Waals surface area contributed by atoms with E-state index in [1.807, 2.05) is 0 Å². The number of carbonyl (C=O) groups is 1. The molecule has 0 saturated carbocycles. The van der Waals surface area contributed by atoms with Crippen LogP contribution in [0, 0.1) is 0 Å². The molecule has 1 aromatic carbocycles. The van der Waals surface area contributed by atoms with Crippen molar-refractivity contribution in [3.8, 4) is 11.5 Å². The van der Waals surface area contributed by atoms with Crippen LogP contribution < -0.4 is 4.74 Å². The Hall–Kier alpha value is -1.71. The van der Waals surface area contributed by atoms with Gasteiger partial charge in [0.15, 0.2) is 11.5 Å². The lowest BCUT2D eigenvalue weighted by atomic mass is 9.84. The molecule has 0 radical (unpaired) electrons. The van der Waals surface area contributed by atoms with Crippen molar-refractivity contribution in [1.82, 2.24) is 0 Å². The number of phenols is 1. The quantitative estimate of drug-likeness (QED) is 0.817. The topological polar surface area (TPSA) is 55.8 Å². The summed E-state index contributed by atoms with van der Waals surface area (Å²) in [6.07, 6.45) is 0. The SMILES string of the molecule is CCOC(=O)C(C)(C)c1ccc(OC)c(O)c1. The number of hydrogen-bond donors (Lipinski definition) is 1. The fraction of sp³-hybridized carbons (Fsp3) is 0.462. The highest BCUT2D eigenvalue weighted by molar-refractivity contribution is 5.82. The third kappa shape index (κ3) is 2.70. The van der Waals surface area contributed by atoms with Crippen molar-refractivity contribution in [2.45, 2.75) is 26.2 Å². The standard InChI is InChI=1S/C13H18O4/c1-5-17-12(15)13(2,3)9-6-7-11(16-4)10(14)8-9/h6-8,14H,5H2,1-4H3. The van der Waals surface area contributed by atoms with Crippen molar-refractivity contribution in [3.05, 3.63) is 23.8 Å². The lowest BCUT2D eigenvalue weighted by Gasteiger charge is -2.23. The van der Waals surface area contributed by atoms with E-state index in [4.69, 9.17) is 9.47 Å². The van der Waals surface area contributed by atoms with Gasteiger partial charge in [0.25, 0.3) is 0 Å². The van der Waals surface area contributed by atoms with Crippen LogP contribution in [0.4, 0.5) is 0 Å². The van der Waals surface area contributed by atoms with Gasteiger partial charge < -0.3 is 14.6 Å². The van der Waals surface area contributed by atoms with Crippen LogP contribution in [0.1, 0.15) is 26.3 Å². The second-order valence-corrected chi connectivity index (χ2v) is 4.23. The summed E-state index contributed by atoms with van der Waals surface area (Å²) in [5.41, 5.74) is -0.103. The number of ether oxygens (including phenoxy) is 2. The molecule has 0 amide bonds. The zero-order chi connectivity index (χ0) is 13.1. The molecule has 0 heterocycles. The molecular weight excluding hydrogens is 220 g/mol. The number of carbonyl (C=O) groups excluding carboxylic acids is 1. The molecule has 0 saturated heterocycles. The smallest absolute Gasteiger partial charge is 0.315 e. The van der Waals surface area contributed by atoms with E-state index in [9.17, 15) is 9.90 Å². The maximum absolute atomic E-state index is 11.8. The van der Waals surface area contributed by atoms with E-state index < -0.39 is 5.41 Å². The molecule has 0 atom stereocenters. The van der Waals surface area contributed by atoms with Gasteiger partial charge in [-0.15, -0.1) is 0 Å². The minimum absolute atomic E-state index is 0.0161. The van der Waals surface area contributed by atoms with Crippen LogP contribution in [-0.4, -0.2) is 24.8 Å². The minimum atomic E-state index is -0.792. The van der Waals surface area contributed by atoms with Crippen molar-refractivity contribution in [3.63, 3.8) is 0 Å². The summed E-state index contributed by atoms with van der Waals surface area (Å²) in [7, 11) is 1.48. The van der Waals surface area contributed by atoms with Gasteiger partial charge in [0.2, 0.25) is 0 Å². The first-order chi connectivity index (χ1) is 7.93. The molecule has 0 spiro atoms. The Morgan fingerprint density at radius 1 is 1.41 bits per heavy atom. The zero-order valence-electron chi connectivity index (χ0n) is 10.6. The predicted molar refractivity (Wildman–Crippen MR) is 64.3 cm³/mol. The highest BCUT2D eigenvalue weighted by Crippen LogP contribution is 2.32. The van der Waals surface area contributed by atoms with E-state index in [1.54, 1.807) is 32.9 Å². The molecule has 1 rings (SSSR count). The molecule has 0 fully saturated rings. The molecule has 0 unspecified atom stereocenters. The number of phenolic OH excluding ortho intramolecular Hbond substituents is 1. The minimum Gasteiger partial charge on any atom is -0.504 e. The van der Waals surface area contributed by atoms with Crippen LogP contribution in [0.25, 0.3) is 0 Å². The largest absolute Gasteiger partial charge is 0.504 e. The Morgan fingerprint density at radius 3 is 2.53 bits per heavy atom. The summed E-state index contributed by atoms with van der Waals surface area (Å²) in [5, 5.41) is 9.69. The molecule has 17 heavy (non-hydrogen) atoms. The van der Waals surface area contributed by atoms with E-state index in [-0.39, 0.29) is 11.7 Å². The van der Waals surface area contributed by atoms with Gasteiger partial charge in [-0.1, -0.05) is 6.07 Å². The third-order valence-corrected chi connectivity index (χ3v) is 2.69. The Balaban J connectivity index is 3.07. The Bertz CT molecular complexity index is 410. The summed E-state index contributed by atoms with van der Waals surface area (Å²) in [6, 6.07) is 4.90. The molecular formula is C13H18O4. The van der Waals surface area contributed by atoms with Crippen LogP contribution in [-0.2, 0) is 14.9 Å². The first kappa shape index (κ1) is 13.4. The lowest BCUT2D eigenvalue weighted by Crippen LogP contribution is -2.31. The summed E-state index contributed by atoms with van der Waals surface area (Å²) < 4.78 is 9.96. The average Bonchev–Trinajstić information content (AvgIpc) is 2.29. The first-order valence-electron chi connectivity index (χ1n) is 5.48. The monoisotopic (exact) mass is 238 g/mol. The molecule has 94 valence electrons. The van der Waals surface area contributed by atoms with Crippen molar-refractivity contribution >= 4 is 5.97 Å². The lowest BCUT2D eigenvalue weighted by molar-refractivity contribution is -0.148. The number of aromatic hydroxyl groups is 1. The number of benzene rings is 1. The van der Waals surface area contributed by atoms with E-state index in [2.05, 4.69) is 0 Å². The van der Waals surface area contributed by atoms with Crippen LogP contribution in [0.15, 0.2) is 18.2 Å². The van der Waals surface area contributed by atoms with Gasteiger partial charge in [-0.2, -0.15) is 0 Å². The summed E-state index contributed by atoms with van der Waals surface area (Å²) >= 11 is 0. The second kappa shape index (κ2) is 5.08. The van der Waals surface area contributed by atoms with Gasteiger partial charge in [0.05, 0.1) is 19.1 Å². The van der Waals surface area contributed by atoms with E-state index >= 15 is 0 Å². The van der Waals surface area contributed by atoms with Gasteiger partial charge in [0.1, 0.15) is 0 Å².